The Hall–Kier alpha value is -0.540. The molecular weight excluding hydrogens is 228 g/mol. The van der Waals surface area contributed by atoms with Crippen LogP contribution in [-0.2, 0) is 0 Å². The number of hydrogen-bond acceptors (Lipinski definition) is 2. The lowest BCUT2D eigenvalue weighted by molar-refractivity contribution is 0.636. The molecule has 0 radical (unpaired) electrons. The Balaban J connectivity index is 2.41. The van der Waals surface area contributed by atoms with Crippen LogP contribution >= 0.6 is 15.9 Å². The summed E-state index contributed by atoms with van der Waals surface area (Å²) in [5.74, 6) is 0.522. The summed E-state index contributed by atoms with van der Waals surface area (Å²) in [5.41, 5.74) is 8.32. The monoisotopic (exact) mass is 240 g/mol. The molecule has 1 aliphatic rings. The van der Waals surface area contributed by atoms with E-state index in [2.05, 4.69) is 39.4 Å². The van der Waals surface area contributed by atoms with Gasteiger partial charge >= 0.3 is 0 Å². The van der Waals surface area contributed by atoms with Gasteiger partial charge in [0.05, 0.1) is 0 Å². The molecule has 3 N–H and O–H groups in total. The Labute approximate surface area is 86.6 Å². The molecule has 0 saturated carbocycles. The van der Waals surface area contributed by atoms with E-state index in [1.807, 2.05) is 0 Å². The van der Waals surface area contributed by atoms with Gasteiger partial charge in [-0.05, 0) is 42.6 Å². The highest BCUT2D eigenvalue weighted by molar-refractivity contribution is 9.10. The molecule has 0 aliphatic carbocycles. The van der Waals surface area contributed by atoms with Crippen LogP contribution in [0, 0.1) is 0 Å². The zero-order valence-electron chi connectivity index (χ0n) is 7.39. The molecule has 3 heteroatoms. The van der Waals surface area contributed by atoms with Crippen LogP contribution in [0.1, 0.15) is 17.9 Å². The van der Waals surface area contributed by atoms with Crippen LogP contribution in [0.15, 0.2) is 22.7 Å². The van der Waals surface area contributed by atoms with Gasteiger partial charge in [0.25, 0.3) is 0 Å². The molecule has 70 valence electrons. The number of hydrogen-bond donors (Lipinski definition) is 2. The zero-order valence-corrected chi connectivity index (χ0v) is 8.97. The molecule has 0 fully saturated rings. The van der Waals surface area contributed by atoms with Crippen molar-refractivity contribution in [3.05, 3.63) is 28.2 Å². The van der Waals surface area contributed by atoms with Crippen molar-refractivity contribution in [2.24, 2.45) is 5.73 Å². The van der Waals surface area contributed by atoms with Crippen LogP contribution in [0.2, 0.25) is 0 Å². The average molecular weight is 241 g/mol. The van der Waals surface area contributed by atoms with Crippen molar-refractivity contribution >= 4 is 21.6 Å². The van der Waals surface area contributed by atoms with Crippen molar-refractivity contribution in [3.63, 3.8) is 0 Å². The van der Waals surface area contributed by atoms with E-state index >= 15 is 0 Å². The first-order valence-electron chi connectivity index (χ1n) is 4.54. The van der Waals surface area contributed by atoms with E-state index in [1.54, 1.807) is 0 Å². The number of rotatable bonds is 1. The van der Waals surface area contributed by atoms with Crippen molar-refractivity contribution in [2.45, 2.75) is 12.3 Å². The standard InChI is InChI=1S/C10H13BrN2/c11-8-1-2-10-9(5-8)7(6-12)3-4-13-10/h1-2,5,7,13H,3-4,6,12H2. The second-order valence-corrected chi connectivity index (χ2v) is 4.30. The number of fused-ring (bicyclic) bond motifs is 1. The Morgan fingerprint density at radius 2 is 2.38 bits per heavy atom. The van der Waals surface area contributed by atoms with Crippen LogP contribution in [-0.4, -0.2) is 13.1 Å². The summed E-state index contributed by atoms with van der Waals surface area (Å²) in [6.07, 6.45) is 1.14. The number of halogens is 1. The molecule has 1 aromatic rings. The molecule has 2 nitrogen and oxygen atoms in total. The van der Waals surface area contributed by atoms with Gasteiger partial charge in [-0.2, -0.15) is 0 Å². The molecular formula is C10H13BrN2. The molecule has 0 saturated heterocycles. The number of nitrogens with two attached hydrogens (primary N) is 1. The van der Waals surface area contributed by atoms with E-state index in [1.165, 1.54) is 11.3 Å². The lowest BCUT2D eigenvalue weighted by Gasteiger charge is -2.25. The minimum absolute atomic E-state index is 0.522. The smallest absolute Gasteiger partial charge is 0.0376 e. The summed E-state index contributed by atoms with van der Waals surface area (Å²) in [4.78, 5) is 0. The van der Waals surface area contributed by atoms with E-state index in [4.69, 9.17) is 5.73 Å². The van der Waals surface area contributed by atoms with E-state index in [-0.39, 0.29) is 0 Å². The van der Waals surface area contributed by atoms with Gasteiger partial charge in [0.1, 0.15) is 0 Å². The Morgan fingerprint density at radius 3 is 3.15 bits per heavy atom. The minimum atomic E-state index is 0.522. The first kappa shape index (κ1) is 9.03. The molecule has 13 heavy (non-hydrogen) atoms. The van der Waals surface area contributed by atoms with Gasteiger partial charge in [0, 0.05) is 16.7 Å². The molecule has 1 unspecified atom stereocenters. The molecule has 2 rings (SSSR count). The third-order valence-corrected chi connectivity index (χ3v) is 3.04. The summed E-state index contributed by atoms with van der Waals surface area (Å²) in [6.45, 7) is 1.78. The largest absolute Gasteiger partial charge is 0.385 e. The SMILES string of the molecule is NCC1CCNc2ccc(Br)cc21. The Morgan fingerprint density at radius 1 is 1.54 bits per heavy atom. The lowest BCUT2D eigenvalue weighted by Crippen LogP contribution is -2.22. The molecule has 0 amide bonds. The van der Waals surface area contributed by atoms with E-state index < -0.39 is 0 Å². The highest BCUT2D eigenvalue weighted by Gasteiger charge is 2.18. The van der Waals surface area contributed by atoms with Crippen molar-refractivity contribution in [2.75, 3.05) is 18.4 Å². The zero-order chi connectivity index (χ0) is 9.26. The van der Waals surface area contributed by atoms with Crippen LogP contribution in [0.25, 0.3) is 0 Å². The second kappa shape index (κ2) is 3.68. The molecule has 0 spiro atoms. The second-order valence-electron chi connectivity index (χ2n) is 3.38. The van der Waals surface area contributed by atoms with E-state index in [9.17, 15) is 0 Å². The highest BCUT2D eigenvalue weighted by atomic mass is 79.9. The van der Waals surface area contributed by atoms with Crippen LogP contribution in [0.3, 0.4) is 0 Å². The predicted octanol–water partition coefficient (Wildman–Crippen LogP) is 2.31. The Kier molecular flexibility index (Phi) is 2.56. The van der Waals surface area contributed by atoms with Gasteiger partial charge in [-0.25, -0.2) is 0 Å². The topological polar surface area (TPSA) is 38.0 Å². The van der Waals surface area contributed by atoms with Gasteiger partial charge in [-0.1, -0.05) is 15.9 Å². The molecule has 1 aliphatic heterocycles. The average Bonchev–Trinajstić information content (AvgIpc) is 2.17. The van der Waals surface area contributed by atoms with Gasteiger partial charge in [0.15, 0.2) is 0 Å². The number of benzene rings is 1. The summed E-state index contributed by atoms with van der Waals surface area (Å²) in [5, 5.41) is 3.38. The lowest BCUT2D eigenvalue weighted by atomic mass is 9.91. The van der Waals surface area contributed by atoms with Crippen molar-refractivity contribution < 1.29 is 0 Å². The molecule has 0 bridgehead atoms. The summed E-state index contributed by atoms with van der Waals surface area (Å²) in [7, 11) is 0. The minimum Gasteiger partial charge on any atom is -0.385 e. The number of nitrogens with one attached hydrogen (secondary N) is 1. The van der Waals surface area contributed by atoms with Crippen molar-refractivity contribution in [3.8, 4) is 0 Å². The van der Waals surface area contributed by atoms with Crippen molar-refractivity contribution in [1.82, 2.24) is 0 Å². The fourth-order valence-corrected chi connectivity index (χ4v) is 2.19. The van der Waals surface area contributed by atoms with Crippen LogP contribution < -0.4 is 11.1 Å². The fraction of sp³-hybridized carbons (Fsp3) is 0.400. The first-order valence-corrected chi connectivity index (χ1v) is 5.34. The maximum Gasteiger partial charge on any atom is 0.0376 e. The highest BCUT2D eigenvalue weighted by Crippen LogP contribution is 2.32. The van der Waals surface area contributed by atoms with Crippen LogP contribution in [0.4, 0.5) is 5.69 Å². The molecule has 0 aromatic heterocycles. The van der Waals surface area contributed by atoms with Gasteiger partial charge < -0.3 is 11.1 Å². The predicted molar refractivity (Wildman–Crippen MR) is 59.0 cm³/mol. The maximum atomic E-state index is 5.73. The van der Waals surface area contributed by atoms with Gasteiger partial charge in [0.2, 0.25) is 0 Å². The van der Waals surface area contributed by atoms with E-state index in [0.29, 0.717) is 5.92 Å². The van der Waals surface area contributed by atoms with Gasteiger partial charge in [-0.3, -0.25) is 0 Å². The normalized spacial score (nSPS) is 20.6. The van der Waals surface area contributed by atoms with Gasteiger partial charge in [-0.15, -0.1) is 0 Å². The maximum absolute atomic E-state index is 5.73. The summed E-state index contributed by atoms with van der Waals surface area (Å²) < 4.78 is 1.13. The van der Waals surface area contributed by atoms with E-state index in [0.717, 1.165) is 24.0 Å². The van der Waals surface area contributed by atoms with Crippen molar-refractivity contribution in [1.29, 1.82) is 0 Å². The summed E-state index contributed by atoms with van der Waals surface area (Å²) in [6, 6.07) is 6.34. The first-order chi connectivity index (χ1) is 6.31. The fourth-order valence-electron chi connectivity index (χ4n) is 1.81. The third-order valence-electron chi connectivity index (χ3n) is 2.55. The summed E-state index contributed by atoms with van der Waals surface area (Å²) >= 11 is 3.48. The molecule has 1 heterocycles. The Bertz CT molecular complexity index is 312. The third kappa shape index (κ3) is 1.71. The van der Waals surface area contributed by atoms with Crippen LogP contribution in [0.5, 0.6) is 0 Å². The molecule has 1 aromatic carbocycles. The number of anilines is 1. The molecule has 1 atom stereocenters. The quantitative estimate of drug-likeness (QED) is 0.791.